The minimum absolute atomic E-state index is 0.935. The second-order valence-electron chi connectivity index (χ2n) is 6.31. The number of aryl methyl sites for hydroxylation is 2. The highest BCUT2D eigenvalue weighted by Gasteiger charge is 2.23. The first-order valence-corrected chi connectivity index (χ1v) is 9.34. The molecule has 0 aliphatic carbocycles. The number of para-hydroxylation sites is 2. The second-order valence-corrected chi connectivity index (χ2v) is 7.51. The van der Waals surface area contributed by atoms with E-state index in [1.54, 1.807) is 24.8 Å². The summed E-state index contributed by atoms with van der Waals surface area (Å²) in [5, 5.41) is 1.22. The molecule has 3 aromatic rings. The molecule has 25 heavy (non-hydrogen) atoms. The van der Waals surface area contributed by atoms with E-state index in [-0.39, 0.29) is 0 Å². The predicted molar refractivity (Wildman–Crippen MR) is 104 cm³/mol. The summed E-state index contributed by atoms with van der Waals surface area (Å²) in [6.45, 7) is 8.12. The zero-order valence-electron chi connectivity index (χ0n) is 14.8. The highest BCUT2D eigenvalue weighted by Crippen LogP contribution is 2.35. The van der Waals surface area contributed by atoms with Gasteiger partial charge in [-0.3, -0.25) is 0 Å². The van der Waals surface area contributed by atoms with Crippen LogP contribution in [0.5, 0.6) is 5.75 Å². The van der Waals surface area contributed by atoms with Gasteiger partial charge < -0.3 is 14.5 Å². The number of thiophene rings is 1. The van der Waals surface area contributed by atoms with Gasteiger partial charge in [0.1, 0.15) is 22.7 Å². The fourth-order valence-electron chi connectivity index (χ4n) is 3.45. The van der Waals surface area contributed by atoms with Gasteiger partial charge in [0, 0.05) is 31.1 Å². The third-order valence-corrected chi connectivity index (χ3v) is 6.07. The summed E-state index contributed by atoms with van der Waals surface area (Å²) < 4.78 is 5.51. The molecular formula is C19H22N4OS. The van der Waals surface area contributed by atoms with Crippen LogP contribution in [0.1, 0.15) is 10.4 Å². The molecule has 1 aliphatic heterocycles. The maximum Gasteiger partial charge on any atom is 0.142 e. The van der Waals surface area contributed by atoms with Crippen molar-refractivity contribution < 1.29 is 4.74 Å². The van der Waals surface area contributed by atoms with Gasteiger partial charge in [0.15, 0.2) is 0 Å². The lowest BCUT2D eigenvalue weighted by atomic mass is 10.2. The topological polar surface area (TPSA) is 41.5 Å². The number of hydrogen-bond acceptors (Lipinski definition) is 6. The maximum absolute atomic E-state index is 5.51. The van der Waals surface area contributed by atoms with Crippen LogP contribution < -0.4 is 14.5 Å². The molecule has 2 aromatic heterocycles. The zero-order valence-corrected chi connectivity index (χ0v) is 15.6. The number of ether oxygens (including phenoxy) is 1. The molecule has 6 heteroatoms. The number of nitrogens with zero attached hydrogens (tertiary/aromatic N) is 4. The normalized spacial score (nSPS) is 15.0. The fourth-order valence-corrected chi connectivity index (χ4v) is 4.45. The van der Waals surface area contributed by atoms with Gasteiger partial charge in [-0.25, -0.2) is 9.97 Å². The van der Waals surface area contributed by atoms with E-state index in [0.29, 0.717) is 0 Å². The van der Waals surface area contributed by atoms with Crippen molar-refractivity contribution in [2.45, 2.75) is 13.8 Å². The third kappa shape index (κ3) is 2.80. The molecular weight excluding hydrogens is 332 g/mol. The lowest BCUT2D eigenvalue weighted by molar-refractivity contribution is 0.413. The molecule has 4 rings (SSSR count). The number of anilines is 2. The molecule has 3 heterocycles. The summed E-state index contributed by atoms with van der Waals surface area (Å²) >= 11 is 1.75. The van der Waals surface area contributed by atoms with Crippen molar-refractivity contribution in [1.29, 1.82) is 0 Å². The molecule has 1 aromatic carbocycles. The van der Waals surface area contributed by atoms with Gasteiger partial charge in [-0.2, -0.15) is 0 Å². The number of piperazine rings is 1. The fraction of sp³-hybridized carbons (Fsp3) is 0.368. The van der Waals surface area contributed by atoms with Crippen LogP contribution in [0.4, 0.5) is 11.5 Å². The van der Waals surface area contributed by atoms with E-state index < -0.39 is 0 Å². The Balaban J connectivity index is 1.59. The van der Waals surface area contributed by atoms with Crippen molar-refractivity contribution in [1.82, 2.24) is 9.97 Å². The summed E-state index contributed by atoms with van der Waals surface area (Å²) in [7, 11) is 1.73. The molecule has 5 nitrogen and oxygen atoms in total. The smallest absolute Gasteiger partial charge is 0.142 e. The van der Waals surface area contributed by atoms with Crippen molar-refractivity contribution in [3.63, 3.8) is 0 Å². The van der Waals surface area contributed by atoms with Crippen LogP contribution >= 0.6 is 11.3 Å². The molecule has 0 unspecified atom stereocenters. The first-order valence-electron chi connectivity index (χ1n) is 8.52. The lowest BCUT2D eigenvalue weighted by Crippen LogP contribution is -2.47. The molecule has 0 radical (unpaired) electrons. The Hall–Kier alpha value is -2.34. The van der Waals surface area contributed by atoms with Crippen LogP contribution in [-0.4, -0.2) is 43.3 Å². The Morgan fingerprint density at radius 1 is 1.00 bits per heavy atom. The first-order chi connectivity index (χ1) is 12.2. The first kappa shape index (κ1) is 16.1. The number of fused-ring (bicyclic) bond motifs is 1. The predicted octanol–water partition coefficient (Wildman–Crippen LogP) is 3.64. The quantitative estimate of drug-likeness (QED) is 0.718. The Kier molecular flexibility index (Phi) is 4.21. The molecule has 0 bridgehead atoms. The van der Waals surface area contributed by atoms with E-state index >= 15 is 0 Å². The van der Waals surface area contributed by atoms with Crippen molar-refractivity contribution in [3.8, 4) is 5.75 Å². The van der Waals surface area contributed by atoms with Gasteiger partial charge >= 0.3 is 0 Å². The molecule has 0 saturated carbocycles. The van der Waals surface area contributed by atoms with Crippen LogP contribution in [-0.2, 0) is 0 Å². The summed E-state index contributed by atoms with van der Waals surface area (Å²) in [5.41, 5.74) is 2.47. The Morgan fingerprint density at radius 3 is 2.48 bits per heavy atom. The average molecular weight is 354 g/mol. The number of benzene rings is 1. The van der Waals surface area contributed by atoms with Crippen LogP contribution in [0.15, 0.2) is 30.6 Å². The summed E-state index contributed by atoms with van der Waals surface area (Å²) in [4.78, 5) is 16.3. The van der Waals surface area contributed by atoms with Crippen molar-refractivity contribution >= 4 is 33.1 Å². The SMILES string of the molecule is COc1ccccc1N1CCN(c2ncnc3sc(C)c(C)c23)CC1. The van der Waals surface area contributed by atoms with Gasteiger partial charge in [-0.05, 0) is 31.5 Å². The van der Waals surface area contributed by atoms with Crippen molar-refractivity contribution in [2.24, 2.45) is 0 Å². The summed E-state index contributed by atoms with van der Waals surface area (Å²) in [6, 6.07) is 8.23. The lowest BCUT2D eigenvalue weighted by Gasteiger charge is -2.37. The van der Waals surface area contributed by atoms with Gasteiger partial charge in [0.2, 0.25) is 0 Å². The number of hydrogen-bond donors (Lipinski definition) is 0. The number of rotatable bonds is 3. The van der Waals surface area contributed by atoms with E-state index in [1.165, 1.54) is 21.5 Å². The standard InChI is InChI=1S/C19H22N4OS/c1-13-14(2)25-19-17(13)18(20-12-21-19)23-10-8-22(9-11-23)15-6-4-5-7-16(15)24-3/h4-7,12H,8-11H2,1-3H3. The zero-order chi connectivity index (χ0) is 17.4. The number of aromatic nitrogens is 2. The van der Waals surface area contributed by atoms with Crippen LogP contribution in [0, 0.1) is 13.8 Å². The van der Waals surface area contributed by atoms with Crippen molar-refractivity contribution in [3.05, 3.63) is 41.0 Å². The third-order valence-electron chi connectivity index (χ3n) is 4.95. The monoisotopic (exact) mass is 354 g/mol. The molecule has 1 aliphatic rings. The molecule has 1 saturated heterocycles. The Bertz CT molecular complexity index is 900. The summed E-state index contributed by atoms with van der Waals surface area (Å²) in [6.07, 6.45) is 1.69. The van der Waals surface area contributed by atoms with E-state index in [4.69, 9.17) is 4.74 Å². The van der Waals surface area contributed by atoms with Crippen molar-refractivity contribution in [2.75, 3.05) is 43.1 Å². The molecule has 0 atom stereocenters. The van der Waals surface area contributed by atoms with Gasteiger partial charge in [0.25, 0.3) is 0 Å². The minimum atomic E-state index is 0.935. The Morgan fingerprint density at radius 2 is 1.72 bits per heavy atom. The second kappa shape index (κ2) is 6.52. The highest BCUT2D eigenvalue weighted by atomic mass is 32.1. The van der Waals surface area contributed by atoms with Gasteiger partial charge in [-0.15, -0.1) is 11.3 Å². The van der Waals surface area contributed by atoms with Crippen LogP contribution in [0.2, 0.25) is 0 Å². The molecule has 0 amide bonds. The van der Waals surface area contributed by atoms with Gasteiger partial charge in [0.05, 0.1) is 18.2 Å². The Labute approximate surface area is 151 Å². The van der Waals surface area contributed by atoms with Crippen LogP contribution in [0.3, 0.4) is 0 Å². The maximum atomic E-state index is 5.51. The highest BCUT2D eigenvalue weighted by molar-refractivity contribution is 7.18. The summed E-state index contributed by atoms with van der Waals surface area (Å²) in [5.74, 6) is 2.01. The van der Waals surface area contributed by atoms with E-state index in [1.807, 2.05) is 12.1 Å². The number of methoxy groups -OCH3 is 1. The van der Waals surface area contributed by atoms with E-state index in [0.717, 1.165) is 42.6 Å². The largest absolute Gasteiger partial charge is 0.495 e. The molecule has 0 spiro atoms. The van der Waals surface area contributed by atoms with Crippen LogP contribution in [0.25, 0.3) is 10.2 Å². The minimum Gasteiger partial charge on any atom is -0.495 e. The van der Waals surface area contributed by atoms with Gasteiger partial charge in [-0.1, -0.05) is 12.1 Å². The average Bonchev–Trinajstić information content (AvgIpc) is 2.96. The molecule has 130 valence electrons. The molecule has 1 fully saturated rings. The van der Waals surface area contributed by atoms with E-state index in [2.05, 4.69) is 45.7 Å². The molecule has 0 N–H and O–H groups in total. The van der Waals surface area contributed by atoms with E-state index in [9.17, 15) is 0 Å².